The number of H-pyrrole nitrogens is 1. The lowest BCUT2D eigenvalue weighted by molar-refractivity contribution is 0.0299. The Bertz CT molecular complexity index is 732. The summed E-state index contributed by atoms with van der Waals surface area (Å²) in [7, 11) is 0. The zero-order chi connectivity index (χ0) is 14.8. The SMILES string of the molecule is NC(=O)NC1C2CC(O)(c3cc(Cl)cc4[nH]ncc34)CC21. The van der Waals surface area contributed by atoms with E-state index in [1.165, 1.54) is 0 Å². The first-order valence-corrected chi connectivity index (χ1v) is 7.27. The minimum atomic E-state index is -0.918. The molecule has 1 aromatic carbocycles. The molecule has 0 radical (unpaired) electrons. The van der Waals surface area contributed by atoms with Crippen molar-refractivity contribution < 1.29 is 9.90 Å². The maximum Gasteiger partial charge on any atom is 0.312 e. The van der Waals surface area contributed by atoms with Crippen molar-refractivity contribution in [1.82, 2.24) is 15.5 Å². The standard InChI is InChI=1S/C14H15ClN4O2/c15-6-1-10(9-5-17-19-11(9)2-6)14(21)3-7-8(4-14)12(7)18-13(16)20/h1-2,5,7-8,12,21H,3-4H2,(H,17,19)(H3,16,18,20). The molecule has 1 heterocycles. The van der Waals surface area contributed by atoms with E-state index in [2.05, 4.69) is 15.5 Å². The lowest BCUT2D eigenvalue weighted by Crippen LogP contribution is -2.36. The number of carbonyl (C=O) groups excluding carboxylic acids is 1. The summed E-state index contributed by atoms with van der Waals surface area (Å²) < 4.78 is 0. The number of nitrogens with zero attached hydrogens (tertiary/aromatic N) is 1. The van der Waals surface area contributed by atoms with Gasteiger partial charge in [-0.25, -0.2) is 4.79 Å². The fourth-order valence-corrected chi connectivity index (χ4v) is 4.08. The number of urea groups is 1. The van der Waals surface area contributed by atoms with Crippen molar-refractivity contribution in [3.8, 4) is 0 Å². The average Bonchev–Trinajstić information content (AvgIpc) is 2.83. The molecule has 2 saturated carbocycles. The fourth-order valence-electron chi connectivity index (χ4n) is 3.86. The van der Waals surface area contributed by atoms with Crippen molar-refractivity contribution in [2.75, 3.05) is 0 Å². The second-order valence-electron chi connectivity index (χ2n) is 6.09. The van der Waals surface area contributed by atoms with E-state index in [4.69, 9.17) is 17.3 Å². The first kappa shape index (κ1) is 12.9. The molecule has 7 heteroatoms. The number of carbonyl (C=O) groups is 1. The number of aromatic amines is 1. The maximum atomic E-state index is 11.0. The van der Waals surface area contributed by atoms with Gasteiger partial charge in [0, 0.05) is 16.5 Å². The molecule has 21 heavy (non-hydrogen) atoms. The Labute approximate surface area is 125 Å². The normalized spacial score (nSPS) is 33.9. The third kappa shape index (κ3) is 1.90. The zero-order valence-electron chi connectivity index (χ0n) is 11.1. The third-order valence-electron chi connectivity index (χ3n) is 4.81. The zero-order valence-corrected chi connectivity index (χ0v) is 11.9. The summed E-state index contributed by atoms with van der Waals surface area (Å²) in [4.78, 5) is 10.9. The van der Waals surface area contributed by atoms with E-state index in [-0.39, 0.29) is 17.9 Å². The van der Waals surface area contributed by atoms with Crippen LogP contribution in [0.4, 0.5) is 4.79 Å². The molecule has 2 unspecified atom stereocenters. The highest BCUT2D eigenvalue weighted by Crippen LogP contribution is 2.60. The van der Waals surface area contributed by atoms with E-state index in [1.807, 2.05) is 0 Å². The number of halogens is 1. The predicted molar refractivity (Wildman–Crippen MR) is 77.7 cm³/mol. The van der Waals surface area contributed by atoms with Crippen LogP contribution in [-0.2, 0) is 5.60 Å². The van der Waals surface area contributed by atoms with E-state index >= 15 is 0 Å². The number of primary amides is 1. The summed E-state index contributed by atoms with van der Waals surface area (Å²) in [6.07, 6.45) is 2.91. The highest BCUT2D eigenvalue weighted by Gasteiger charge is 2.62. The second-order valence-corrected chi connectivity index (χ2v) is 6.52. The average molecular weight is 307 g/mol. The van der Waals surface area contributed by atoms with Gasteiger partial charge in [0.05, 0.1) is 17.3 Å². The highest BCUT2D eigenvalue weighted by atomic mass is 35.5. The third-order valence-corrected chi connectivity index (χ3v) is 5.03. The van der Waals surface area contributed by atoms with Crippen LogP contribution in [0.15, 0.2) is 18.3 Å². The van der Waals surface area contributed by atoms with Crippen LogP contribution in [-0.4, -0.2) is 27.4 Å². The first-order chi connectivity index (χ1) is 9.98. The van der Waals surface area contributed by atoms with Gasteiger partial charge in [0.25, 0.3) is 0 Å². The number of nitrogens with two attached hydrogens (primary N) is 1. The lowest BCUT2D eigenvalue weighted by Gasteiger charge is -2.27. The maximum absolute atomic E-state index is 11.0. The molecule has 2 aliphatic carbocycles. The van der Waals surface area contributed by atoms with Crippen molar-refractivity contribution in [1.29, 1.82) is 0 Å². The van der Waals surface area contributed by atoms with Crippen molar-refractivity contribution in [3.63, 3.8) is 0 Å². The summed E-state index contributed by atoms with van der Waals surface area (Å²) >= 11 is 6.13. The summed E-state index contributed by atoms with van der Waals surface area (Å²) in [6.45, 7) is 0. The van der Waals surface area contributed by atoms with Crippen molar-refractivity contribution in [2.24, 2.45) is 17.6 Å². The Balaban J connectivity index is 1.65. The van der Waals surface area contributed by atoms with Gasteiger partial charge in [-0.15, -0.1) is 0 Å². The molecule has 0 bridgehead atoms. The lowest BCUT2D eigenvalue weighted by atomic mass is 9.86. The van der Waals surface area contributed by atoms with Crippen molar-refractivity contribution in [2.45, 2.75) is 24.5 Å². The Morgan fingerprint density at radius 3 is 2.86 bits per heavy atom. The number of fused-ring (bicyclic) bond motifs is 2. The second kappa shape index (κ2) is 4.11. The van der Waals surface area contributed by atoms with Gasteiger partial charge in [0.1, 0.15) is 0 Å². The van der Waals surface area contributed by atoms with E-state index < -0.39 is 11.6 Å². The number of amides is 2. The van der Waals surface area contributed by atoms with Gasteiger partial charge in [-0.1, -0.05) is 11.6 Å². The van der Waals surface area contributed by atoms with E-state index in [0.717, 1.165) is 16.5 Å². The monoisotopic (exact) mass is 306 g/mol. The molecule has 2 atom stereocenters. The number of hydrogen-bond acceptors (Lipinski definition) is 3. The summed E-state index contributed by atoms with van der Waals surface area (Å²) in [5.41, 5.74) is 5.86. The largest absolute Gasteiger partial charge is 0.385 e. The van der Waals surface area contributed by atoms with Crippen LogP contribution >= 0.6 is 11.6 Å². The van der Waals surface area contributed by atoms with Crippen molar-refractivity contribution >= 4 is 28.5 Å². The van der Waals surface area contributed by atoms with Gasteiger partial charge in [0.2, 0.25) is 0 Å². The predicted octanol–water partition coefficient (Wildman–Crippen LogP) is 1.48. The molecule has 0 saturated heterocycles. The molecule has 2 amide bonds. The van der Waals surface area contributed by atoms with Gasteiger partial charge < -0.3 is 16.2 Å². The van der Waals surface area contributed by atoms with Crippen molar-refractivity contribution in [3.05, 3.63) is 28.9 Å². The topological polar surface area (TPSA) is 104 Å². The molecule has 4 rings (SSSR count). The quantitative estimate of drug-likeness (QED) is 0.675. The van der Waals surface area contributed by atoms with Crippen LogP contribution in [0.25, 0.3) is 10.9 Å². The molecular formula is C14H15ClN4O2. The minimum absolute atomic E-state index is 0.0989. The number of hydrogen-bond donors (Lipinski definition) is 4. The number of aliphatic hydroxyl groups is 1. The Morgan fingerprint density at radius 2 is 2.19 bits per heavy atom. The number of aromatic nitrogens is 2. The smallest absolute Gasteiger partial charge is 0.312 e. The number of rotatable bonds is 2. The van der Waals surface area contributed by atoms with Crippen LogP contribution in [0, 0.1) is 11.8 Å². The van der Waals surface area contributed by atoms with Crippen LogP contribution in [0.2, 0.25) is 5.02 Å². The Morgan fingerprint density at radius 1 is 1.48 bits per heavy atom. The van der Waals surface area contributed by atoms with E-state index in [0.29, 0.717) is 17.9 Å². The van der Waals surface area contributed by atoms with Gasteiger partial charge in [0.15, 0.2) is 0 Å². The molecule has 2 aliphatic rings. The van der Waals surface area contributed by atoms with Crippen LogP contribution in [0.5, 0.6) is 0 Å². The highest BCUT2D eigenvalue weighted by molar-refractivity contribution is 6.31. The van der Waals surface area contributed by atoms with E-state index in [1.54, 1.807) is 18.3 Å². The number of benzene rings is 1. The molecular weight excluding hydrogens is 292 g/mol. The summed E-state index contributed by atoms with van der Waals surface area (Å²) in [5.74, 6) is 0.562. The molecule has 1 aromatic heterocycles. The van der Waals surface area contributed by atoms with Gasteiger partial charge in [-0.05, 0) is 42.4 Å². The first-order valence-electron chi connectivity index (χ1n) is 6.89. The minimum Gasteiger partial charge on any atom is -0.385 e. The molecule has 0 spiro atoms. The van der Waals surface area contributed by atoms with Crippen LogP contribution < -0.4 is 11.1 Å². The van der Waals surface area contributed by atoms with Gasteiger partial charge in [-0.2, -0.15) is 5.10 Å². The molecule has 2 aromatic rings. The molecule has 110 valence electrons. The molecule has 2 fully saturated rings. The molecule has 5 N–H and O–H groups in total. The fraction of sp³-hybridized carbons (Fsp3) is 0.429. The summed E-state index contributed by atoms with van der Waals surface area (Å²) in [6, 6.07) is 3.20. The van der Waals surface area contributed by atoms with Crippen LogP contribution in [0.3, 0.4) is 0 Å². The van der Waals surface area contributed by atoms with E-state index in [9.17, 15) is 9.90 Å². The Hall–Kier alpha value is -1.79. The number of nitrogens with one attached hydrogen (secondary N) is 2. The molecule has 0 aliphatic heterocycles. The van der Waals surface area contributed by atoms with Crippen LogP contribution in [0.1, 0.15) is 18.4 Å². The Kier molecular flexibility index (Phi) is 2.53. The molecule has 6 nitrogen and oxygen atoms in total. The van der Waals surface area contributed by atoms with Gasteiger partial charge in [-0.3, -0.25) is 5.10 Å². The summed E-state index contributed by atoms with van der Waals surface area (Å²) in [5, 5.41) is 22.1. The van der Waals surface area contributed by atoms with Gasteiger partial charge >= 0.3 is 6.03 Å².